The molecule has 0 heterocycles. The first kappa shape index (κ1) is 12.9. The predicted octanol–water partition coefficient (Wildman–Crippen LogP) is 2.75. The molecule has 0 saturated heterocycles. The van der Waals surface area contributed by atoms with Gasteiger partial charge in [-0.15, -0.1) is 0 Å². The van der Waals surface area contributed by atoms with Gasteiger partial charge in [0.1, 0.15) is 0 Å². The summed E-state index contributed by atoms with van der Waals surface area (Å²) in [6.07, 6.45) is 6.81. The van der Waals surface area contributed by atoms with Crippen molar-refractivity contribution in [2.75, 3.05) is 6.54 Å². The second-order valence-electron chi connectivity index (χ2n) is 5.99. The van der Waals surface area contributed by atoms with Crippen molar-refractivity contribution in [1.29, 1.82) is 0 Å². The van der Waals surface area contributed by atoms with Crippen LogP contribution in [0.1, 0.15) is 52.4 Å². The number of hydrogen-bond acceptors (Lipinski definition) is 2. The minimum Gasteiger partial charge on any atom is -0.481 e. The molecule has 2 saturated carbocycles. The Bertz CT molecular complexity index is 265. The van der Waals surface area contributed by atoms with Gasteiger partial charge >= 0.3 is 5.97 Å². The summed E-state index contributed by atoms with van der Waals surface area (Å²) < 4.78 is 0. The fourth-order valence-corrected chi connectivity index (χ4v) is 3.52. The molecular weight excluding hydrogens is 214 g/mol. The minimum absolute atomic E-state index is 0.298. The van der Waals surface area contributed by atoms with Crippen molar-refractivity contribution in [3.63, 3.8) is 0 Å². The molecule has 0 bridgehead atoms. The Morgan fingerprint density at radius 2 is 1.76 bits per heavy atom. The van der Waals surface area contributed by atoms with E-state index in [2.05, 4.69) is 18.7 Å². The van der Waals surface area contributed by atoms with Gasteiger partial charge in [-0.05, 0) is 37.5 Å². The highest BCUT2D eigenvalue weighted by molar-refractivity contribution is 5.66. The van der Waals surface area contributed by atoms with Crippen LogP contribution in [0.3, 0.4) is 0 Å². The highest BCUT2D eigenvalue weighted by Gasteiger charge is 2.39. The van der Waals surface area contributed by atoms with Gasteiger partial charge in [-0.3, -0.25) is 9.69 Å². The van der Waals surface area contributed by atoms with Crippen molar-refractivity contribution < 1.29 is 9.90 Å². The summed E-state index contributed by atoms with van der Waals surface area (Å²) in [4.78, 5) is 13.3. The molecule has 0 aromatic heterocycles. The largest absolute Gasteiger partial charge is 0.481 e. The van der Waals surface area contributed by atoms with Gasteiger partial charge in [-0.25, -0.2) is 0 Å². The highest BCUT2D eigenvalue weighted by Crippen LogP contribution is 2.38. The molecule has 17 heavy (non-hydrogen) atoms. The van der Waals surface area contributed by atoms with Gasteiger partial charge in [0, 0.05) is 18.6 Å². The van der Waals surface area contributed by atoms with Crippen LogP contribution in [0.5, 0.6) is 0 Å². The van der Waals surface area contributed by atoms with E-state index < -0.39 is 5.97 Å². The van der Waals surface area contributed by atoms with Crippen molar-refractivity contribution >= 4 is 5.97 Å². The SMILES string of the molecule is CC1CCCC(C)C1N(CCC(=O)O)C1CC1. The van der Waals surface area contributed by atoms with E-state index in [0.717, 1.165) is 18.4 Å². The van der Waals surface area contributed by atoms with Gasteiger partial charge < -0.3 is 5.11 Å². The quantitative estimate of drug-likeness (QED) is 0.802. The second-order valence-corrected chi connectivity index (χ2v) is 5.99. The number of carboxylic acids is 1. The standard InChI is InChI=1S/C14H25NO2/c1-10-4-3-5-11(2)14(10)15(12-6-7-12)9-8-13(16)17/h10-12,14H,3-9H2,1-2H3,(H,16,17). The van der Waals surface area contributed by atoms with Crippen LogP contribution < -0.4 is 0 Å². The van der Waals surface area contributed by atoms with Gasteiger partial charge in [0.2, 0.25) is 0 Å². The molecule has 0 radical (unpaired) electrons. The Balaban J connectivity index is 2.00. The lowest BCUT2D eigenvalue weighted by Gasteiger charge is -2.43. The molecule has 0 aliphatic heterocycles. The molecule has 2 fully saturated rings. The molecule has 0 aromatic rings. The van der Waals surface area contributed by atoms with Gasteiger partial charge in [-0.2, -0.15) is 0 Å². The van der Waals surface area contributed by atoms with Crippen LogP contribution in [0.4, 0.5) is 0 Å². The van der Waals surface area contributed by atoms with Crippen LogP contribution in [0.25, 0.3) is 0 Å². The Kier molecular flexibility index (Phi) is 4.08. The lowest BCUT2D eigenvalue weighted by Crippen LogP contribution is -2.48. The van der Waals surface area contributed by atoms with E-state index in [1.165, 1.54) is 32.1 Å². The summed E-state index contributed by atoms with van der Waals surface area (Å²) in [5, 5.41) is 8.87. The zero-order valence-electron chi connectivity index (χ0n) is 11.1. The van der Waals surface area contributed by atoms with E-state index in [-0.39, 0.29) is 0 Å². The topological polar surface area (TPSA) is 40.5 Å². The molecule has 2 atom stereocenters. The zero-order valence-corrected chi connectivity index (χ0v) is 11.1. The third-order valence-corrected chi connectivity index (χ3v) is 4.47. The molecule has 2 rings (SSSR count). The molecule has 2 aliphatic rings. The summed E-state index contributed by atoms with van der Waals surface area (Å²) in [5.74, 6) is 0.799. The Hall–Kier alpha value is -0.570. The maximum Gasteiger partial charge on any atom is 0.304 e. The van der Waals surface area contributed by atoms with E-state index in [0.29, 0.717) is 18.5 Å². The lowest BCUT2D eigenvalue weighted by atomic mass is 9.77. The molecule has 0 spiro atoms. The van der Waals surface area contributed by atoms with Crippen LogP contribution in [0.2, 0.25) is 0 Å². The van der Waals surface area contributed by atoms with Crippen molar-refractivity contribution in [2.24, 2.45) is 11.8 Å². The number of aliphatic carboxylic acids is 1. The van der Waals surface area contributed by atoms with E-state index in [1.54, 1.807) is 0 Å². The summed E-state index contributed by atoms with van der Waals surface area (Å²) in [5.41, 5.74) is 0. The third-order valence-electron chi connectivity index (χ3n) is 4.47. The number of nitrogens with zero attached hydrogens (tertiary/aromatic N) is 1. The van der Waals surface area contributed by atoms with Crippen LogP contribution in [0, 0.1) is 11.8 Å². The summed E-state index contributed by atoms with van der Waals surface area (Å²) >= 11 is 0. The van der Waals surface area contributed by atoms with E-state index in [9.17, 15) is 4.79 Å². The maximum absolute atomic E-state index is 10.8. The normalized spacial score (nSPS) is 33.9. The first-order valence-electron chi connectivity index (χ1n) is 7.07. The molecule has 0 amide bonds. The van der Waals surface area contributed by atoms with Crippen molar-refractivity contribution in [3.8, 4) is 0 Å². The fourth-order valence-electron chi connectivity index (χ4n) is 3.52. The van der Waals surface area contributed by atoms with Gasteiger partial charge in [0.15, 0.2) is 0 Å². The molecule has 1 N–H and O–H groups in total. The Labute approximate surface area is 104 Å². The average Bonchev–Trinajstić information content (AvgIpc) is 3.05. The molecule has 0 aromatic carbocycles. The van der Waals surface area contributed by atoms with Crippen molar-refractivity contribution in [1.82, 2.24) is 4.90 Å². The lowest BCUT2D eigenvalue weighted by molar-refractivity contribution is -0.137. The molecule has 2 aliphatic carbocycles. The molecule has 3 heteroatoms. The van der Waals surface area contributed by atoms with Crippen LogP contribution in [0.15, 0.2) is 0 Å². The predicted molar refractivity (Wildman–Crippen MR) is 67.9 cm³/mol. The summed E-state index contributed by atoms with van der Waals surface area (Å²) in [6, 6.07) is 1.30. The van der Waals surface area contributed by atoms with E-state index in [1.807, 2.05) is 0 Å². The van der Waals surface area contributed by atoms with Gasteiger partial charge in [0.25, 0.3) is 0 Å². The highest BCUT2D eigenvalue weighted by atomic mass is 16.4. The third kappa shape index (κ3) is 3.21. The van der Waals surface area contributed by atoms with Crippen LogP contribution in [-0.4, -0.2) is 34.6 Å². The number of carboxylic acid groups (broad SMARTS) is 1. The molecule has 3 nitrogen and oxygen atoms in total. The first-order valence-corrected chi connectivity index (χ1v) is 7.07. The summed E-state index contributed by atoms with van der Waals surface area (Å²) in [7, 11) is 0. The molecular formula is C14H25NO2. The second kappa shape index (κ2) is 5.38. The average molecular weight is 239 g/mol. The minimum atomic E-state index is -0.660. The Morgan fingerprint density at radius 3 is 2.24 bits per heavy atom. The maximum atomic E-state index is 10.8. The van der Waals surface area contributed by atoms with Crippen molar-refractivity contribution in [2.45, 2.75) is 64.5 Å². The summed E-state index contributed by atoms with van der Waals surface area (Å²) in [6.45, 7) is 5.44. The molecule has 98 valence electrons. The number of rotatable bonds is 5. The smallest absolute Gasteiger partial charge is 0.304 e. The first-order chi connectivity index (χ1) is 8.09. The van der Waals surface area contributed by atoms with Gasteiger partial charge in [-0.1, -0.05) is 20.3 Å². The number of hydrogen-bond donors (Lipinski definition) is 1. The number of carbonyl (C=O) groups is 1. The zero-order chi connectivity index (χ0) is 12.4. The van der Waals surface area contributed by atoms with E-state index >= 15 is 0 Å². The van der Waals surface area contributed by atoms with Crippen LogP contribution in [-0.2, 0) is 4.79 Å². The monoisotopic (exact) mass is 239 g/mol. The van der Waals surface area contributed by atoms with Gasteiger partial charge in [0.05, 0.1) is 6.42 Å². The van der Waals surface area contributed by atoms with Crippen molar-refractivity contribution in [3.05, 3.63) is 0 Å². The molecule has 2 unspecified atom stereocenters. The van der Waals surface area contributed by atoms with E-state index in [4.69, 9.17) is 5.11 Å². The van der Waals surface area contributed by atoms with Crippen LogP contribution >= 0.6 is 0 Å². The fraction of sp³-hybridized carbons (Fsp3) is 0.929. The Morgan fingerprint density at radius 1 is 1.18 bits per heavy atom.